The second kappa shape index (κ2) is 5.03. The van der Waals surface area contributed by atoms with Crippen LogP contribution >= 0.6 is 0 Å². The fourth-order valence-corrected chi connectivity index (χ4v) is 2.36. The van der Waals surface area contributed by atoms with Crippen molar-refractivity contribution in [2.75, 3.05) is 29.9 Å². The monoisotopic (exact) mass is 262 g/mol. The predicted octanol–water partition coefficient (Wildman–Crippen LogP) is 1.21. The van der Waals surface area contributed by atoms with E-state index in [1.54, 1.807) is 6.33 Å². The largest absolute Gasteiger partial charge is 0.481 e. The van der Waals surface area contributed by atoms with Gasteiger partial charge in [0, 0.05) is 25.7 Å². The fraction of sp³-hybridized carbons (Fsp3) is 0.615. The molecule has 1 aliphatic heterocycles. The Balaban J connectivity index is 1.63. The standard InChI is InChI=1S/C13H18N4O2/c18-13(19)10-3-4-17(7-10)12-5-11(15-8-16-12)14-6-9-1-2-9/h5,8-10H,1-4,6-7H2,(H,18,19)(H,14,15,16). The van der Waals surface area contributed by atoms with Gasteiger partial charge in [0.05, 0.1) is 5.92 Å². The van der Waals surface area contributed by atoms with Crippen molar-refractivity contribution in [2.45, 2.75) is 19.3 Å². The van der Waals surface area contributed by atoms with Crippen molar-refractivity contribution in [3.63, 3.8) is 0 Å². The number of nitrogens with zero attached hydrogens (tertiary/aromatic N) is 3. The van der Waals surface area contributed by atoms with Gasteiger partial charge in [-0.3, -0.25) is 4.79 Å². The maximum absolute atomic E-state index is 11.0. The van der Waals surface area contributed by atoms with Crippen LogP contribution in [0.4, 0.5) is 11.6 Å². The summed E-state index contributed by atoms with van der Waals surface area (Å²) < 4.78 is 0. The Labute approximate surface area is 111 Å². The van der Waals surface area contributed by atoms with E-state index in [4.69, 9.17) is 5.11 Å². The van der Waals surface area contributed by atoms with Crippen LogP contribution in [0.15, 0.2) is 12.4 Å². The summed E-state index contributed by atoms with van der Waals surface area (Å²) in [6.07, 6.45) is 4.83. The summed E-state index contributed by atoms with van der Waals surface area (Å²) in [6.45, 7) is 2.25. The molecule has 0 spiro atoms. The Morgan fingerprint density at radius 2 is 2.26 bits per heavy atom. The van der Waals surface area contributed by atoms with Gasteiger partial charge in [-0.2, -0.15) is 0 Å². The zero-order chi connectivity index (χ0) is 13.2. The van der Waals surface area contributed by atoms with Crippen LogP contribution < -0.4 is 10.2 Å². The Bertz CT molecular complexity index is 475. The minimum Gasteiger partial charge on any atom is -0.481 e. The van der Waals surface area contributed by atoms with Gasteiger partial charge in [0.15, 0.2) is 0 Å². The number of nitrogens with one attached hydrogen (secondary N) is 1. The Morgan fingerprint density at radius 3 is 2.95 bits per heavy atom. The van der Waals surface area contributed by atoms with E-state index >= 15 is 0 Å². The number of hydrogen-bond acceptors (Lipinski definition) is 5. The van der Waals surface area contributed by atoms with E-state index in [9.17, 15) is 4.79 Å². The number of anilines is 2. The molecule has 102 valence electrons. The third-order valence-electron chi connectivity index (χ3n) is 3.78. The highest BCUT2D eigenvalue weighted by molar-refractivity contribution is 5.72. The van der Waals surface area contributed by atoms with Crippen molar-refractivity contribution < 1.29 is 9.90 Å². The fourth-order valence-electron chi connectivity index (χ4n) is 2.36. The molecule has 6 nitrogen and oxygen atoms in total. The number of carboxylic acid groups (broad SMARTS) is 1. The van der Waals surface area contributed by atoms with Crippen LogP contribution in [0.2, 0.25) is 0 Å². The third-order valence-corrected chi connectivity index (χ3v) is 3.78. The average Bonchev–Trinajstić information content (AvgIpc) is 3.10. The SMILES string of the molecule is O=C(O)C1CCN(c2cc(NCC3CC3)ncn2)C1. The van der Waals surface area contributed by atoms with Crippen LogP contribution in [0, 0.1) is 11.8 Å². The predicted molar refractivity (Wildman–Crippen MR) is 71.2 cm³/mol. The van der Waals surface area contributed by atoms with Gasteiger partial charge in [-0.05, 0) is 25.2 Å². The molecule has 1 aromatic heterocycles. The van der Waals surface area contributed by atoms with Gasteiger partial charge in [-0.15, -0.1) is 0 Å². The van der Waals surface area contributed by atoms with E-state index < -0.39 is 5.97 Å². The van der Waals surface area contributed by atoms with Crippen LogP contribution in [-0.4, -0.2) is 40.7 Å². The zero-order valence-electron chi connectivity index (χ0n) is 10.7. The molecule has 0 amide bonds. The number of aliphatic carboxylic acids is 1. The molecule has 1 aliphatic carbocycles. The molecule has 1 atom stereocenters. The van der Waals surface area contributed by atoms with Gasteiger partial charge < -0.3 is 15.3 Å². The van der Waals surface area contributed by atoms with Crippen LogP contribution in [0.5, 0.6) is 0 Å². The van der Waals surface area contributed by atoms with Crippen molar-refractivity contribution >= 4 is 17.6 Å². The molecule has 0 bridgehead atoms. The van der Waals surface area contributed by atoms with Gasteiger partial charge in [0.25, 0.3) is 0 Å². The lowest BCUT2D eigenvalue weighted by Crippen LogP contribution is -2.23. The summed E-state index contributed by atoms with van der Waals surface area (Å²) in [6, 6.07) is 1.91. The smallest absolute Gasteiger partial charge is 0.308 e. The van der Waals surface area contributed by atoms with Gasteiger partial charge in [-0.1, -0.05) is 0 Å². The van der Waals surface area contributed by atoms with Crippen LogP contribution in [0.3, 0.4) is 0 Å². The third kappa shape index (κ3) is 2.94. The Hall–Kier alpha value is -1.85. The molecule has 2 N–H and O–H groups in total. The maximum Gasteiger partial charge on any atom is 0.308 e. The first-order chi connectivity index (χ1) is 9.22. The Morgan fingerprint density at radius 1 is 1.42 bits per heavy atom. The summed E-state index contributed by atoms with van der Waals surface area (Å²) in [4.78, 5) is 21.4. The van der Waals surface area contributed by atoms with Crippen molar-refractivity contribution in [1.29, 1.82) is 0 Å². The van der Waals surface area contributed by atoms with Crippen molar-refractivity contribution in [3.05, 3.63) is 12.4 Å². The quantitative estimate of drug-likeness (QED) is 0.830. The van der Waals surface area contributed by atoms with E-state index in [0.717, 1.165) is 30.6 Å². The van der Waals surface area contributed by atoms with Crippen LogP contribution in [0.1, 0.15) is 19.3 Å². The van der Waals surface area contributed by atoms with Crippen LogP contribution in [-0.2, 0) is 4.79 Å². The first-order valence-corrected chi connectivity index (χ1v) is 6.76. The van der Waals surface area contributed by atoms with Gasteiger partial charge in [0.2, 0.25) is 0 Å². The molecule has 0 radical (unpaired) electrons. The van der Waals surface area contributed by atoms with Gasteiger partial charge in [-0.25, -0.2) is 9.97 Å². The van der Waals surface area contributed by atoms with Crippen molar-refractivity contribution in [1.82, 2.24) is 9.97 Å². The molecule has 6 heteroatoms. The normalized spacial score (nSPS) is 22.5. The Kier molecular flexibility index (Phi) is 3.23. The van der Waals surface area contributed by atoms with E-state index in [1.165, 1.54) is 12.8 Å². The van der Waals surface area contributed by atoms with Crippen LogP contribution in [0.25, 0.3) is 0 Å². The lowest BCUT2D eigenvalue weighted by Gasteiger charge is -2.17. The van der Waals surface area contributed by atoms with E-state index in [2.05, 4.69) is 15.3 Å². The summed E-state index contributed by atoms with van der Waals surface area (Å²) in [5.41, 5.74) is 0. The molecule has 2 aliphatic rings. The molecule has 3 rings (SSSR count). The lowest BCUT2D eigenvalue weighted by atomic mass is 10.1. The molecule has 19 heavy (non-hydrogen) atoms. The van der Waals surface area contributed by atoms with E-state index in [1.807, 2.05) is 11.0 Å². The molecule has 2 fully saturated rings. The summed E-state index contributed by atoms with van der Waals surface area (Å²) >= 11 is 0. The van der Waals surface area contributed by atoms with Crippen molar-refractivity contribution in [2.24, 2.45) is 11.8 Å². The van der Waals surface area contributed by atoms with E-state index in [0.29, 0.717) is 13.0 Å². The number of carboxylic acids is 1. The molecule has 0 aromatic carbocycles. The first-order valence-electron chi connectivity index (χ1n) is 6.76. The number of rotatable bonds is 5. The maximum atomic E-state index is 11.0. The lowest BCUT2D eigenvalue weighted by molar-refractivity contribution is -0.140. The molecule has 1 saturated heterocycles. The highest BCUT2D eigenvalue weighted by Crippen LogP contribution is 2.29. The molecule has 1 aromatic rings. The van der Waals surface area contributed by atoms with E-state index in [-0.39, 0.29) is 5.92 Å². The number of aromatic nitrogens is 2. The first kappa shape index (κ1) is 12.2. The second-order valence-electron chi connectivity index (χ2n) is 5.36. The number of carbonyl (C=O) groups is 1. The average molecular weight is 262 g/mol. The number of hydrogen-bond donors (Lipinski definition) is 2. The highest BCUT2D eigenvalue weighted by atomic mass is 16.4. The molecular weight excluding hydrogens is 244 g/mol. The molecule has 2 heterocycles. The molecular formula is C13H18N4O2. The highest BCUT2D eigenvalue weighted by Gasteiger charge is 2.29. The van der Waals surface area contributed by atoms with Crippen molar-refractivity contribution in [3.8, 4) is 0 Å². The second-order valence-corrected chi connectivity index (χ2v) is 5.36. The molecule has 1 unspecified atom stereocenters. The zero-order valence-corrected chi connectivity index (χ0v) is 10.7. The summed E-state index contributed by atoms with van der Waals surface area (Å²) in [5.74, 6) is 1.44. The van der Waals surface area contributed by atoms with Gasteiger partial charge >= 0.3 is 5.97 Å². The summed E-state index contributed by atoms with van der Waals surface area (Å²) in [7, 11) is 0. The summed E-state index contributed by atoms with van der Waals surface area (Å²) in [5, 5.41) is 12.3. The minimum atomic E-state index is -0.719. The van der Waals surface area contributed by atoms with Gasteiger partial charge in [0.1, 0.15) is 18.0 Å². The molecule has 1 saturated carbocycles. The topological polar surface area (TPSA) is 78.4 Å². The minimum absolute atomic E-state index is 0.280.